The first-order valence-electron chi connectivity index (χ1n) is 5.31. The van der Waals surface area contributed by atoms with E-state index in [0.717, 1.165) is 18.2 Å². The van der Waals surface area contributed by atoms with Crippen LogP contribution in [0.5, 0.6) is 0 Å². The summed E-state index contributed by atoms with van der Waals surface area (Å²) in [5.74, 6) is 0.582. The molecule has 0 fully saturated rings. The van der Waals surface area contributed by atoms with Gasteiger partial charge in [0, 0.05) is 18.6 Å². The fourth-order valence-corrected chi connectivity index (χ4v) is 3.10. The molecule has 2 N–H and O–H groups in total. The van der Waals surface area contributed by atoms with E-state index in [1.54, 1.807) is 0 Å². The topological polar surface area (TPSA) is 127 Å². The molecule has 0 saturated heterocycles. The number of halogens is 1. The number of non-ortho nitro benzene ring substituents is 1. The summed E-state index contributed by atoms with van der Waals surface area (Å²) in [6.45, 7) is 0. The van der Waals surface area contributed by atoms with E-state index in [1.165, 1.54) is 0 Å². The quantitative estimate of drug-likeness (QED) is 0.454. The molecule has 1 aromatic carbocycles. The summed E-state index contributed by atoms with van der Waals surface area (Å²) in [5, 5.41) is 19.0. The van der Waals surface area contributed by atoms with Gasteiger partial charge in [0.05, 0.1) is 9.95 Å². The molecule has 112 valence electrons. The zero-order valence-corrected chi connectivity index (χ0v) is 11.9. The maximum atomic E-state index is 12.0. The van der Waals surface area contributed by atoms with Gasteiger partial charge in [-0.15, -0.1) is 12.3 Å². The molecular formula is C11H9ClN2O6S. The van der Waals surface area contributed by atoms with Crippen molar-refractivity contribution in [3.63, 3.8) is 0 Å². The number of nitro groups is 1. The summed E-state index contributed by atoms with van der Waals surface area (Å²) in [6, 6.07) is 1.19. The van der Waals surface area contributed by atoms with Crippen LogP contribution in [-0.2, 0) is 14.8 Å². The smallest absolute Gasteiger partial charge is 0.322 e. The van der Waals surface area contributed by atoms with Crippen molar-refractivity contribution in [3.05, 3.63) is 33.3 Å². The highest BCUT2D eigenvalue weighted by Gasteiger charge is 2.27. The molecule has 0 heterocycles. The lowest BCUT2D eigenvalue weighted by atomic mass is 10.2. The number of benzene rings is 1. The van der Waals surface area contributed by atoms with Gasteiger partial charge in [0.25, 0.3) is 5.69 Å². The van der Waals surface area contributed by atoms with Crippen molar-refractivity contribution < 1.29 is 23.2 Å². The SMILES string of the molecule is C#CCC(NS(=O)(=O)c1ccc([N+](=O)[O-])cc1Cl)C(=O)O. The summed E-state index contributed by atoms with van der Waals surface area (Å²) in [4.78, 5) is 20.2. The molecule has 0 aliphatic rings. The van der Waals surface area contributed by atoms with Crippen LogP contribution in [-0.4, -0.2) is 30.5 Å². The van der Waals surface area contributed by atoms with E-state index in [4.69, 9.17) is 23.1 Å². The van der Waals surface area contributed by atoms with E-state index in [1.807, 2.05) is 10.6 Å². The Morgan fingerprint density at radius 3 is 2.62 bits per heavy atom. The molecule has 0 radical (unpaired) electrons. The van der Waals surface area contributed by atoms with Gasteiger partial charge >= 0.3 is 5.97 Å². The Morgan fingerprint density at radius 2 is 2.19 bits per heavy atom. The zero-order chi connectivity index (χ0) is 16.2. The number of aliphatic carboxylic acids is 1. The Morgan fingerprint density at radius 1 is 1.57 bits per heavy atom. The van der Waals surface area contributed by atoms with E-state index in [2.05, 4.69) is 0 Å². The first-order chi connectivity index (χ1) is 9.69. The van der Waals surface area contributed by atoms with Crippen molar-refractivity contribution >= 4 is 33.3 Å². The van der Waals surface area contributed by atoms with Gasteiger partial charge in [0.1, 0.15) is 10.9 Å². The minimum Gasteiger partial charge on any atom is -0.480 e. The summed E-state index contributed by atoms with van der Waals surface area (Å²) in [5.41, 5.74) is -0.391. The summed E-state index contributed by atoms with van der Waals surface area (Å²) in [7, 11) is -4.28. The molecule has 1 atom stereocenters. The molecule has 10 heteroatoms. The minimum absolute atomic E-state index is 0.362. The summed E-state index contributed by atoms with van der Waals surface area (Å²) in [6.07, 6.45) is 4.60. The lowest BCUT2D eigenvalue weighted by Gasteiger charge is -2.13. The molecular weight excluding hydrogens is 324 g/mol. The van der Waals surface area contributed by atoms with Crippen molar-refractivity contribution in [3.8, 4) is 12.3 Å². The molecule has 0 aromatic heterocycles. The Balaban J connectivity index is 3.17. The van der Waals surface area contributed by atoms with E-state index in [-0.39, 0.29) is 6.42 Å². The molecule has 0 aliphatic heterocycles. The van der Waals surface area contributed by atoms with Crippen LogP contribution in [0.25, 0.3) is 0 Å². The average molecular weight is 333 g/mol. The van der Waals surface area contributed by atoms with Crippen molar-refractivity contribution in [2.75, 3.05) is 0 Å². The number of rotatable bonds is 6. The van der Waals surface area contributed by atoms with Crippen molar-refractivity contribution in [1.29, 1.82) is 0 Å². The van der Waals surface area contributed by atoms with E-state index in [9.17, 15) is 23.3 Å². The van der Waals surface area contributed by atoms with Crippen LogP contribution < -0.4 is 4.72 Å². The number of carboxylic acid groups (broad SMARTS) is 1. The Labute approximate surface area is 124 Å². The van der Waals surface area contributed by atoms with Gasteiger partial charge in [-0.25, -0.2) is 8.42 Å². The predicted molar refractivity (Wildman–Crippen MR) is 73.3 cm³/mol. The third-order valence-electron chi connectivity index (χ3n) is 2.33. The van der Waals surface area contributed by atoms with Crippen LogP contribution >= 0.6 is 11.6 Å². The number of hydrogen-bond donors (Lipinski definition) is 2. The van der Waals surface area contributed by atoms with Gasteiger partial charge in [-0.1, -0.05) is 11.6 Å². The lowest BCUT2D eigenvalue weighted by molar-refractivity contribution is -0.384. The maximum absolute atomic E-state index is 12.0. The van der Waals surface area contributed by atoms with Crippen LogP contribution in [0.1, 0.15) is 6.42 Å². The zero-order valence-electron chi connectivity index (χ0n) is 10.3. The monoisotopic (exact) mass is 332 g/mol. The number of nitro benzene ring substituents is 1. The molecule has 1 rings (SSSR count). The maximum Gasteiger partial charge on any atom is 0.322 e. The van der Waals surface area contributed by atoms with Crippen LogP contribution in [0.2, 0.25) is 5.02 Å². The van der Waals surface area contributed by atoms with E-state index in [0.29, 0.717) is 0 Å². The Hall–Kier alpha value is -2.15. The van der Waals surface area contributed by atoms with Gasteiger partial charge in [-0.3, -0.25) is 14.9 Å². The average Bonchev–Trinajstić information content (AvgIpc) is 2.37. The van der Waals surface area contributed by atoms with Crippen LogP contribution in [0.4, 0.5) is 5.69 Å². The highest BCUT2D eigenvalue weighted by molar-refractivity contribution is 7.89. The standard InChI is InChI=1S/C11H9ClN2O6S/c1-2-3-9(11(15)16)13-21(19,20)10-5-4-7(14(17)18)6-8(10)12/h1,4-6,9,13H,3H2,(H,15,16). The van der Waals surface area contributed by atoms with Gasteiger partial charge in [-0.05, 0) is 6.07 Å². The minimum atomic E-state index is -4.28. The van der Waals surface area contributed by atoms with Gasteiger partial charge in [0.2, 0.25) is 10.0 Å². The van der Waals surface area contributed by atoms with Gasteiger partial charge in [0.15, 0.2) is 0 Å². The number of carbonyl (C=O) groups is 1. The largest absolute Gasteiger partial charge is 0.480 e. The molecule has 0 spiro atoms. The summed E-state index contributed by atoms with van der Waals surface area (Å²) >= 11 is 5.69. The van der Waals surface area contributed by atoms with Crippen molar-refractivity contribution in [2.45, 2.75) is 17.4 Å². The lowest BCUT2D eigenvalue weighted by Crippen LogP contribution is -2.40. The number of nitrogens with one attached hydrogen (secondary N) is 1. The highest BCUT2D eigenvalue weighted by atomic mass is 35.5. The normalized spacial score (nSPS) is 12.4. The van der Waals surface area contributed by atoms with Crippen LogP contribution in [0.3, 0.4) is 0 Å². The Bertz CT molecular complexity index is 725. The second-order valence-electron chi connectivity index (χ2n) is 3.79. The fraction of sp³-hybridized carbons (Fsp3) is 0.182. The molecule has 21 heavy (non-hydrogen) atoms. The number of hydrogen-bond acceptors (Lipinski definition) is 5. The molecule has 1 aromatic rings. The number of carboxylic acids is 1. The molecule has 8 nitrogen and oxygen atoms in total. The molecule has 0 saturated carbocycles. The molecule has 0 aliphatic carbocycles. The second-order valence-corrected chi connectivity index (χ2v) is 5.88. The summed E-state index contributed by atoms with van der Waals surface area (Å²) < 4.78 is 25.9. The number of nitrogens with zero attached hydrogens (tertiary/aromatic N) is 1. The third-order valence-corrected chi connectivity index (χ3v) is 4.29. The highest BCUT2D eigenvalue weighted by Crippen LogP contribution is 2.26. The van der Waals surface area contributed by atoms with Crippen LogP contribution in [0, 0.1) is 22.5 Å². The molecule has 1 unspecified atom stereocenters. The van der Waals surface area contributed by atoms with Gasteiger partial charge < -0.3 is 5.11 Å². The first-order valence-corrected chi connectivity index (χ1v) is 7.17. The second kappa shape index (κ2) is 6.53. The van der Waals surface area contributed by atoms with Crippen molar-refractivity contribution in [2.24, 2.45) is 0 Å². The van der Waals surface area contributed by atoms with E-state index < -0.39 is 42.6 Å². The van der Waals surface area contributed by atoms with Crippen molar-refractivity contribution in [1.82, 2.24) is 4.72 Å². The van der Waals surface area contributed by atoms with Crippen LogP contribution in [0.15, 0.2) is 23.1 Å². The number of sulfonamides is 1. The Kier molecular flexibility index (Phi) is 5.26. The molecule has 0 amide bonds. The number of terminal acetylenes is 1. The first kappa shape index (κ1) is 16.9. The van der Waals surface area contributed by atoms with E-state index >= 15 is 0 Å². The van der Waals surface area contributed by atoms with Gasteiger partial charge in [-0.2, -0.15) is 4.72 Å². The third kappa shape index (κ3) is 4.16. The predicted octanol–water partition coefficient (Wildman–Crippen LogP) is 1.00. The fourth-order valence-electron chi connectivity index (χ4n) is 1.37. The molecule has 0 bridgehead atoms.